The summed E-state index contributed by atoms with van der Waals surface area (Å²) in [6, 6.07) is 14.9. The molecule has 192 valence electrons. The number of esters is 1. The van der Waals surface area contributed by atoms with Gasteiger partial charge in [-0.15, -0.1) is 0 Å². The summed E-state index contributed by atoms with van der Waals surface area (Å²) in [4.78, 5) is 36.7. The highest BCUT2D eigenvalue weighted by Gasteiger charge is 2.21. The fourth-order valence-corrected chi connectivity index (χ4v) is 4.62. The number of Topliss-reactive ketones (excluding diaryl/α,β-unsaturated/α-hetero) is 1. The first-order valence-corrected chi connectivity index (χ1v) is 12.8. The van der Waals surface area contributed by atoms with Crippen molar-refractivity contribution in [1.82, 2.24) is 0 Å². The Hall–Kier alpha value is -4.38. The summed E-state index contributed by atoms with van der Waals surface area (Å²) in [6.45, 7) is 3.27. The predicted molar refractivity (Wildman–Crippen MR) is 135 cm³/mol. The minimum absolute atomic E-state index is 0.00785. The molecule has 0 unspecified atom stereocenters. The lowest BCUT2D eigenvalue weighted by molar-refractivity contribution is -0.118. The lowest BCUT2D eigenvalue weighted by atomic mass is 10.1. The van der Waals surface area contributed by atoms with Gasteiger partial charge in [0.1, 0.15) is 11.5 Å². The molecule has 4 rings (SSSR count). The number of rotatable bonds is 9. The molecule has 3 aromatic rings. The molecule has 1 heterocycles. The van der Waals surface area contributed by atoms with E-state index >= 15 is 0 Å². The maximum Gasteiger partial charge on any atom is 0.338 e. The molecular weight excluding hydrogens is 500 g/mol. The summed E-state index contributed by atoms with van der Waals surface area (Å²) in [6.07, 6.45) is 0. The van der Waals surface area contributed by atoms with Crippen LogP contribution in [-0.2, 0) is 19.6 Å². The highest BCUT2D eigenvalue weighted by molar-refractivity contribution is 7.92. The predicted octanol–water partition coefficient (Wildman–Crippen LogP) is 3.57. The molecule has 11 heteroatoms. The van der Waals surface area contributed by atoms with E-state index in [2.05, 4.69) is 10.0 Å². The monoisotopic (exact) mass is 524 g/mol. The standard InChI is InChI=1S/C26H24N2O8S/c1-3-34-19-8-6-18(7-9-19)28-37(32,33)20-10-4-16(2)21(13-20)26(31)36-14-23(29)17-5-11-24-22(12-17)27-25(30)15-35-24/h4-13,28H,3,14-15H2,1-2H3,(H,27,30). The minimum atomic E-state index is -4.01. The number of ether oxygens (including phenoxy) is 3. The van der Waals surface area contributed by atoms with E-state index < -0.39 is 28.4 Å². The Bertz CT molecular complexity index is 1470. The Balaban J connectivity index is 1.44. The van der Waals surface area contributed by atoms with Crippen molar-refractivity contribution in [2.75, 3.05) is 29.9 Å². The second-order valence-electron chi connectivity index (χ2n) is 8.09. The van der Waals surface area contributed by atoms with E-state index in [-0.39, 0.29) is 28.5 Å². The quantitative estimate of drug-likeness (QED) is 0.320. The third kappa shape index (κ3) is 6.07. The summed E-state index contributed by atoms with van der Waals surface area (Å²) in [7, 11) is -4.01. The van der Waals surface area contributed by atoms with E-state index in [4.69, 9.17) is 14.2 Å². The number of sulfonamides is 1. The van der Waals surface area contributed by atoms with Gasteiger partial charge in [0, 0.05) is 11.3 Å². The average molecular weight is 525 g/mol. The molecule has 0 atom stereocenters. The third-order valence-electron chi connectivity index (χ3n) is 5.43. The van der Waals surface area contributed by atoms with Gasteiger partial charge in [0.25, 0.3) is 15.9 Å². The number of nitrogens with one attached hydrogen (secondary N) is 2. The topological polar surface area (TPSA) is 137 Å². The third-order valence-corrected chi connectivity index (χ3v) is 6.80. The molecule has 37 heavy (non-hydrogen) atoms. The van der Waals surface area contributed by atoms with Gasteiger partial charge in [-0.2, -0.15) is 0 Å². The van der Waals surface area contributed by atoms with Crippen molar-refractivity contribution in [3.05, 3.63) is 77.4 Å². The van der Waals surface area contributed by atoms with Crippen molar-refractivity contribution in [3.8, 4) is 11.5 Å². The van der Waals surface area contributed by atoms with Crippen LogP contribution in [0.3, 0.4) is 0 Å². The first kappa shape index (κ1) is 25.7. The van der Waals surface area contributed by atoms with Crippen LogP contribution < -0.4 is 19.5 Å². The van der Waals surface area contributed by atoms with Crippen molar-refractivity contribution in [2.24, 2.45) is 0 Å². The number of fused-ring (bicyclic) bond motifs is 1. The molecule has 10 nitrogen and oxygen atoms in total. The SMILES string of the molecule is CCOc1ccc(NS(=O)(=O)c2ccc(C)c(C(=O)OCC(=O)c3ccc4c(c3)NC(=O)CO4)c2)cc1. The Morgan fingerprint density at radius 1 is 1.05 bits per heavy atom. The molecule has 0 fully saturated rings. The van der Waals surface area contributed by atoms with Gasteiger partial charge < -0.3 is 19.5 Å². The highest BCUT2D eigenvalue weighted by Crippen LogP contribution is 2.29. The number of carbonyl (C=O) groups excluding carboxylic acids is 3. The van der Waals surface area contributed by atoms with Gasteiger partial charge in [-0.25, -0.2) is 13.2 Å². The smallest absolute Gasteiger partial charge is 0.338 e. The van der Waals surface area contributed by atoms with Crippen LogP contribution in [0.4, 0.5) is 11.4 Å². The first-order chi connectivity index (χ1) is 17.7. The maximum atomic E-state index is 12.9. The molecule has 0 bridgehead atoms. The van der Waals surface area contributed by atoms with Crippen molar-refractivity contribution in [1.29, 1.82) is 0 Å². The molecule has 0 saturated carbocycles. The van der Waals surface area contributed by atoms with E-state index in [9.17, 15) is 22.8 Å². The number of carbonyl (C=O) groups is 3. The molecule has 0 radical (unpaired) electrons. The largest absolute Gasteiger partial charge is 0.494 e. The van der Waals surface area contributed by atoms with E-state index in [1.54, 1.807) is 37.3 Å². The van der Waals surface area contributed by atoms with Gasteiger partial charge in [-0.05, 0) is 74.0 Å². The zero-order valence-electron chi connectivity index (χ0n) is 20.1. The number of benzene rings is 3. The normalized spacial score (nSPS) is 12.5. The maximum absolute atomic E-state index is 12.9. The van der Waals surface area contributed by atoms with Gasteiger partial charge >= 0.3 is 5.97 Å². The molecule has 0 saturated heterocycles. The van der Waals surface area contributed by atoms with Crippen LogP contribution >= 0.6 is 0 Å². The highest BCUT2D eigenvalue weighted by atomic mass is 32.2. The van der Waals surface area contributed by atoms with E-state index in [1.165, 1.54) is 30.3 Å². The fourth-order valence-electron chi connectivity index (χ4n) is 3.54. The lowest BCUT2D eigenvalue weighted by Gasteiger charge is -2.18. The van der Waals surface area contributed by atoms with Gasteiger partial charge in [-0.3, -0.25) is 14.3 Å². The Morgan fingerprint density at radius 3 is 2.54 bits per heavy atom. The zero-order valence-corrected chi connectivity index (χ0v) is 20.9. The summed E-state index contributed by atoms with van der Waals surface area (Å²) in [5, 5.41) is 2.61. The molecule has 0 aromatic heterocycles. The molecule has 0 aliphatic carbocycles. The van der Waals surface area contributed by atoms with Crippen LogP contribution in [-0.4, -0.2) is 45.9 Å². The van der Waals surface area contributed by atoms with Gasteiger partial charge in [0.05, 0.1) is 22.8 Å². The van der Waals surface area contributed by atoms with Gasteiger partial charge in [0.15, 0.2) is 19.0 Å². The Labute approximate surface area is 213 Å². The molecule has 1 amide bonds. The van der Waals surface area contributed by atoms with E-state index in [0.717, 1.165) is 0 Å². The van der Waals surface area contributed by atoms with Gasteiger partial charge in [0.2, 0.25) is 0 Å². The van der Waals surface area contributed by atoms with Crippen LogP contribution in [0.1, 0.15) is 33.2 Å². The van der Waals surface area contributed by atoms with Crippen molar-refractivity contribution in [2.45, 2.75) is 18.7 Å². The summed E-state index contributed by atoms with van der Waals surface area (Å²) >= 11 is 0. The number of hydrogen-bond donors (Lipinski definition) is 2. The Kier molecular flexibility index (Phi) is 7.44. The average Bonchev–Trinajstić information content (AvgIpc) is 2.88. The van der Waals surface area contributed by atoms with Crippen LogP contribution in [0.15, 0.2) is 65.6 Å². The first-order valence-electron chi connectivity index (χ1n) is 11.3. The number of anilines is 2. The van der Waals surface area contributed by atoms with Crippen molar-refractivity contribution >= 4 is 39.1 Å². The van der Waals surface area contributed by atoms with E-state index in [0.29, 0.717) is 35.0 Å². The van der Waals surface area contributed by atoms with Crippen LogP contribution in [0.2, 0.25) is 0 Å². The summed E-state index contributed by atoms with van der Waals surface area (Å²) in [5.41, 5.74) is 1.37. The number of ketones is 1. The minimum Gasteiger partial charge on any atom is -0.494 e. The van der Waals surface area contributed by atoms with Crippen molar-refractivity contribution < 1.29 is 37.0 Å². The van der Waals surface area contributed by atoms with Crippen LogP contribution in [0.25, 0.3) is 0 Å². The van der Waals surface area contributed by atoms with Crippen LogP contribution in [0, 0.1) is 6.92 Å². The fraction of sp³-hybridized carbons (Fsp3) is 0.192. The van der Waals surface area contributed by atoms with E-state index in [1.807, 2.05) is 6.92 Å². The van der Waals surface area contributed by atoms with Crippen LogP contribution in [0.5, 0.6) is 11.5 Å². The molecule has 0 spiro atoms. The number of aryl methyl sites for hydroxylation is 1. The van der Waals surface area contributed by atoms with Crippen molar-refractivity contribution in [3.63, 3.8) is 0 Å². The summed E-state index contributed by atoms with van der Waals surface area (Å²) in [5.74, 6) is -0.659. The second-order valence-corrected chi connectivity index (χ2v) is 9.77. The number of amides is 1. The van der Waals surface area contributed by atoms with Gasteiger partial charge in [-0.1, -0.05) is 6.07 Å². The molecule has 3 aromatic carbocycles. The lowest BCUT2D eigenvalue weighted by Crippen LogP contribution is -2.25. The molecule has 2 N–H and O–H groups in total. The molecular formula is C26H24N2O8S. The Morgan fingerprint density at radius 2 is 1.81 bits per heavy atom. The zero-order chi connectivity index (χ0) is 26.6. The number of hydrogen-bond acceptors (Lipinski definition) is 8. The molecule has 1 aliphatic rings. The second kappa shape index (κ2) is 10.7. The summed E-state index contributed by atoms with van der Waals surface area (Å²) < 4.78 is 44.1. The molecule has 1 aliphatic heterocycles.